The molecule has 0 nitrogen and oxygen atoms in total. The Balaban J connectivity index is 1.70. The molecule has 0 aromatic heterocycles. The average molecular weight is 401 g/mol. The van der Waals surface area contributed by atoms with Crippen molar-refractivity contribution in [1.82, 2.24) is 0 Å². The molecule has 142 valence electrons. The molecule has 0 bridgehead atoms. The zero-order valence-corrected chi connectivity index (χ0v) is 17.3. The lowest BCUT2D eigenvalue weighted by Crippen LogP contribution is -2.23. The topological polar surface area (TPSA) is 0 Å². The van der Waals surface area contributed by atoms with Gasteiger partial charge in [-0.25, -0.2) is 0 Å². The molecular weight excluding hydrogens is 380 g/mol. The molecule has 0 spiro atoms. The average Bonchev–Trinajstić information content (AvgIpc) is 2.85. The van der Waals surface area contributed by atoms with Gasteiger partial charge in [0.25, 0.3) is 0 Å². The number of benzene rings is 5. The van der Waals surface area contributed by atoms with Crippen molar-refractivity contribution in [3.8, 4) is 0 Å². The van der Waals surface area contributed by atoms with Crippen LogP contribution >= 0.6 is 11.8 Å². The molecule has 1 aliphatic heterocycles. The van der Waals surface area contributed by atoms with Crippen molar-refractivity contribution < 1.29 is 0 Å². The smallest absolute Gasteiger partial charge is 0.0888 e. The van der Waals surface area contributed by atoms with Crippen molar-refractivity contribution >= 4 is 39.4 Å². The summed E-state index contributed by atoms with van der Waals surface area (Å²) in [5, 5.41) is 5.30. The Morgan fingerprint density at radius 3 is 1.53 bits per heavy atom. The highest BCUT2D eigenvalue weighted by atomic mass is 32.2. The van der Waals surface area contributed by atoms with Gasteiger partial charge in [-0.3, -0.25) is 0 Å². The van der Waals surface area contributed by atoms with E-state index < -0.39 is 0 Å². The maximum atomic E-state index is 2.39. The van der Waals surface area contributed by atoms with Gasteiger partial charge in [-0.05, 0) is 38.2 Å². The van der Waals surface area contributed by atoms with Gasteiger partial charge in [-0.15, -0.1) is 11.8 Å². The first kappa shape index (κ1) is 17.6. The van der Waals surface area contributed by atoms with E-state index in [0.717, 1.165) is 0 Å². The Bertz CT molecular complexity index is 1360. The summed E-state index contributed by atoms with van der Waals surface area (Å²) in [7, 11) is 0. The molecule has 0 atom stereocenters. The van der Waals surface area contributed by atoms with E-state index in [1.165, 1.54) is 43.1 Å². The second-order valence-corrected chi connectivity index (χ2v) is 8.99. The zero-order valence-electron chi connectivity index (χ0n) is 16.5. The lowest BCUT2D eigenvalue weighted by molar-refractivity contribution is 0.938. The molecule has 5 aromatic rings. The van der Waals surface area contributed by atoms with E-state index in [0.29, 0.717) is 0 Å². The van der Waals surface area contributed by atoms with Crippen molar-refractivity contribution in [2.45, 2.75) is 9.64 Å². The summed E-state index contributed by atoms with van der Waals surface area (Å²) in [5.74, 6) is 0. The van der Waals surface area contributed by atoms with Gasteiger partial charge in [-0.2, -0.15) is 0 Å². The molecule has 0 saturated carbocycles. The quantitative estimate of drug-likeness (QED) is 0.270. The monoisotopic (exact) mass is 400 g/mol. The van der Waals surface area contributed by atoms with Crippen LogP contribution in [0.1, 0.15) is 16.7 Å². The fourth-order valence-electron chi connectivity index (χ4n) is 4.66. The van der Waals surface area contributed by atoms with Crippen LogP contribution in [-0.2, 0) is 4.75 Å². The number of fused-ring (bicyclic) bond motifs is 6. The minimum absolute atomic E-state index is 0.249. The fraction of sp³-hybridized carbons (Fsp3) is 0.0345. The highest BCUT2D eigenvalue weighted by Crippen LogP contribution is 2.55. The van der Waals surface area contributed by atoms with E-state index >= 15 is 0 Å². The molecule has 0 amide bonds. The highest BCUT2D eigenvalue weighted by molar-refractivity contribution is 8.01. The summed E-state index contributed by atoms with van der Waals surface area (Å²) < 4.78 is -0.249. The van der Waals surface area contributed by atoms with Gasteiger partial charge >= 0.3 is 0 Å². The van der Waals surface area contributed by atoms with Gasteiger partial charge in [0.2, 0.25) is 0 Å². The van der Waals surface area contributed by atoms with Gasteiger partial charge < -0.3 is 0 Å². The van der Waals surface area contributed by atoms with E-state index in [4.69, 9.17) is 0 Å². The number of hydrogen-bond acceptors (Lipinski definition) is 1. The summed E-state index contributed by atoms with van der Waals surface area (Å²) in [6.45, 7) is 0. The van der Waals surface area contributed by atoms with Gasteiger partial charge in [0.05, 0.1) is 4.75 Å². The molecule has 0 radical (unpaired) electrons. The Morgan fingerprint density at radius 1 is 0.467 bits per heavy atom. The molecule has 1 heterocycles. The number of thioether (sulfide) groups is 1. The molecule has 1 heteroatoms. The first-order chi connectivity index (χ1) is 14.9. The lowest BCUT2D eigenvalue weighted by atomic mass is 9.88. The third-order valence-corrected chi connectivity index (χ3v) is 7.65. The van der Waals surface area contributed by atoms with Crippen LogP contribution < -0.4 is 0 Å². The Hall–Kier alpha value is -3.29. The van der Waals surface area contributed by atoms with Crippen LogP contribution in [0.5, 0.6) is 0 Å². The predicted molar refractivity (Wildman–Crippen MR) is 130 cm³/mol. The molecule has 6 rings (SSSR count). The summed E-state index contributed by atoms with van der Waals surface area (Å²) >= 11 is 1.97. The van der Waals surface area contributed by atoms with Crippen LogP contribution in [0.25, 0.3) is 27.6 Å². The third kappa shape index (κ3) is 2.56. The van der Waals surface area contributed by atoms with Gasteiger partial charge in [-0.1, -0.05) is 121 Å². The number of hydrogen-bond donors (Lipinski definition) is 0. The standard InChI is InChI=1S/C29H20S/c1-3-11-21(12-4-1)29(22-13-5-2-6-14-22)20-19-27-25-17-8-7-15-23(25)24-16-9-10-18-26(24)28(27)30-29/h1-20H. The molecule has 0 saturated heterocycles. The van der Waals surface area contributed by atoms with E-state index in [1.807, 2.05) is 11.8 Å². The maximum absolute atomic E-state index is 2.39. The largest absolute Gasteiger partial charge is 0.104 e. The van der Waals surface area contributed by atoms with Crippen molar-refractivity contribution in [2.24, 2.45) is 0 Å². The molecule has 5 aromatic carbocycles. The predicted octanol–water partition coefficient (Wildman–Crippen LogP) is 8.06. The van der Waals surface area contributed by atoms with Crippen molar-refractivity contribution in [3.05, 3.63) is 132 Å². The molecule has 0 fully saturated rings. The number of rotatable bonds is 2. The summed E-state index contributed by atoms with van der Waals surface area (Å²) in [6, 6.07) is 39.4. The Morgan fingerprint density at radius 2 is 0.933 bits per heavy atom. The van der Waals surface area contributed by atoms with E-state index in [2.05, 4.69) is 121 Å². The van der Waals surface area contributed by atoms with Crippen LogP contribution in [0.3, 0.4) is 0 Å². The molecule has 0 aliphatic carbocycles. The maximum Gasteiger partial charge on any atom is 0.0888 e. The first-order valence-electron chi connectivity index (χ1n) is 10.3. The van der Waals surface area contributed by atoms with Crippen molar-refractivity contribution in [1.29, 1.82) is 0 Å². The lowest BCUT2D eigenvalue weighted by Gasteiger charge is -2.35. The summed E-state index contributed by atoms with van der Waals surface area (Å²) in [4.78, 5) is 1.36. The van der Waals surface area contributed by atoms with Crippen LogP contribution in [0.15, 0.2) is 120 Å². The summed E-state index contributed by atoms with van der Waals surface area (Å²) in [5.41, 5.74) is 3.94. The van der Waals surface area contributed by atoms with E-state index in [9.17, 15) is 0 Å². The second kappa shape index (κ2) is 6.90. The van der Waals surface area contributed by atoms with Gasteiger partial charge in [0, 0.05) is 4.90 Å². The molecule has 0 N–H and O–H groups in total. The minimum Gasteiger partial charge on any atom is -0.104 e. The zero-order chi connectivity index (χ0) is 20.0. The minimum atomic E-state index is -0.249. The Labute approximate surface area is 180 Å². The first-order valence-corrected chi connectivity index (χ1v) is 11.1. The van der Waals surface area contributed by atoms with Crippen LogP contribution in [0.2, 0.25) is 0 Å². The molecule has 30 heavy (non-hydrogen) atoms. The normalized spacial score (nSPS) is 14.7. The third-order valence-electron chi connectivity index (χ3n) is 6.08. The molecule has 0 unspecified atom stereocenters. The molecule has 1 aliphatic rings. The highest BCUT2D eigenvalue weighted by Gasteiger charge is 2.36. The molecular formula is C29H20S. The summed E-state index contributed by atoms with van der Waals surface area (Å²) in [6.07, 6.45) is 4.74. The van der Waals surface area contributed by atoms with Crippen molar-refractivity contribution in [3.63, 3.8) is 0 Å². The van der Waals surface area contributed by atoms with E-state index in [-0.39, 0.29) is 4.75 Å². The van der Waals surface area contributed by atoms with Crippen LogP contribution in [0, 0.1) is 0 Å². The van der Waals surface area contributed by atoms with Crippen LogP contribution in [0.4, 0.5) is 0 Å². The fourth-order valence-corrected chi connectivity index (χ4v) is 6.20. The van der Waals surface area contributed by atoms with Gasteiger partial charge in [0.15, 0.2) is 0 Å². The van der Waals surface area contributed by atoms with Gasteiger partial charge in [0.1, 0.15) is 0 Å². The van der Waals surface area contributed by atoms with Crippen LogP contribution in [-0.4, -0.2) is 0 Å². The SMILES string of the molecule is C1=CC(c2ccccc2)(c2ccccc2)Sc2c1c1ccccc1c1ccccc21. The second-order valence-electron chi connectivity index (χ2n) is 7.74. The Kier molecular flexibility index (Phi) is 4.04. The van der Waals surface area contributed by atoms with E-state index in [1.54, 1.807) is 0 Å². The van der Waals surface area contributed by atoms with Crippen molar-refractivity contribution in [2.75, 3.05) is 0 Å².